The Balaban J connectivity index is 1.67. The molecule has 0 unspecified atom stereocenters. The van der Waals surface area contributed by atoms with Crippen molar-refractivity contribution in [1.29, 1.82) is 0 Å². The normalized spacial score (nSPS) is 12.2. The molecule has 158 valence electrons. The van der Waals surface area contributed by atoms with Crippen molar-refractivity contribution in [2.24, 2.45) is 0 Å². The molecule has 0 spiro atoms. The van der Waals surface area contributed by atoms with Crippen molar-refractivity contribution in [1.82, 2.24) is 19.5 Å². The van der Waals surface area contributed by atoms with Gasteiger partial charge in [0.2, 0.25) is 0 Å². The van der Waals surface area contributed by atoms with E-state index in [2.05, 4.69) is 16.1 Å². The molecule has 8 bridgehead atoms. The molecule has 0 aliphatic carbocycles. The lowest BCUT2D eigenvalue weighted by atomic mass is 10.3. The fourth-order valence-electron chi connectivity index (χ4n) is 3.69. The molecule has 5 rings (SSSR count). The molecular formula is C26H22N4O2. The van der Waals surface area contributed by atoms with Gasteiger partial charge in [-0.15, -0.1) is 0 Å². The van der Waals surface area contributed by atoms with Gasteiger partial charge < -0.3 is 14.3 Å². The van der Waals surface area contributed by atoms with Gasteiger partial charge >= 0.3 is 5.97 Å². The lowest BCUT2D eigenvalue weighted by molar-refractivity contribution is -0.139. The number of nitrogens with one attached hydrogen (secondary N) is 1. The Kier molecular flexibility index (Phi) is 5.03. The third-order valence-corrected chi connectivity index (χ3v) is 5.24. The van der Waals surface area contributed by atoms with Gasteiger partial charge in [0.15, 0.2) is 0 Å². The maximum absolute atomic E-state index is 11.8. The van der Waals surface area contributed by atoms with Crippen molar-refractivity contribution >= 4 is 52.3 Å². The van der Waals surface area contributed by atoms with Gasteiger partial charge in [-0.2, -0.15) is 0 Å². The molecule has 0 saturated heterocycles. The number of carbonyl (C=O) groups excluding carboxylic acids is 1. The highest BCUT2D eigenvalue weighted by atomic mass is 16.5. The summed E-state index contributed by atoms with van der Waals surface area (Å²) in [6, 6.07) is 16.2. The van der Waals surface area contributed by atoms with Gasteiger partial charge in [0.1, 0.15) is 6.61 Å². The Labute approximate surface area is 185 Å². The summed E-state index contributed by atoms with van der Waals surface area (Å²) in [6.45, 7) is 6.03. The monoisotopic (exact) mass is 422 g/mol. The topological polar surface area (TPSA) is 72.8 Å². The number of aromatic amines is 1. The van der Waals surface area contributed by atoms with Gasteiger partial charge in [0.05, 0.1) is 29.3 Å². The average molecular weight is 422 g/mol. The number of hydrogen-bond donors (Lipinski definition) is 1. The summed E-state index contributed by atoms with van der Waals surface area (Å²) < 4.78 is 7.44. The minimum atomic E-state index is -0.384. The van der Waals surface area contributed by atoms with Crippen molar-refractivity contribution in [3.63, 3.8) is 0 Å². The van der Waals surface area contributed by atoms with E-state index in [4.69, 9.17) is 14.7 Å². The smallest absolute Gasteiger partial charge is 0.333 e. The van der Waals surface area contributed by atoms with E-state index in [0.717, 1.165) is 44.8 Å². The number of nitrogens with zero attached hydrogens (tertiary/aromatic N) is 3. The zero-order valence-corrected chi connectivity index (χ0v) is 17.7. The highest BCUT2D eigenvalue weighted by Crippen LogP contribution is 2.19. The van der Waals surface area contributed by atoms with E-state index >= 15 is 0 Å². The zero-order chi connectivity index (χ0) is 22.1. The first kappa shape index (κ1) is 19.8. The van der Waals surface area contributed by atoms with E-state index < -0.39 is 0 Å². The van der Waals surface area contributed by atoms with Gasteiger partial charge in [0, 0.05) is 27.6 Å². The van der Waals surface area contributed by atoms with Crippen LogP contribution in [0.2, 0.25) is 0 Å². The third-order valence-electron chi connectivity index (χ3n) is 5.24. The quantitative estimate of drug-likeness (QED) is 0.317. The minimum absolute atomic E-state index is 0.247. The van der Waals surface area contributed by atoms with Crippen LogP contribution < -0.4 is 0 Å². The van der Waals surface area contributed by atoms with Crippen molar-refractivity contribution < 1.29 is 9.53 Å². The maximum Gasteiger partial charge on any atom is 0.333 e. The maximum atomic E-state index is 11.8. The molecule has 5 heterocycles. The Morgan fingerprint density at radius 2 is 1.38 bits per heavy atom. The van der Waals surface area contributed by atoms with Crippen LogP contribution in [0.3, 0.4) is 0 Å². The standard InChI is InChI=1S/C26H22N4O2/c1-17(2)26(31)32-12-11-30-24-9-10-25(30)16-23-8-6-21(29-23)14-19-4-3-18(27-19)13-20-5-7-22(15-24)28-20/h3-10,13-16,27H,1,11-12H2,2H3. The number of esters is 1. The van der Waals surface area contributed by atoms with Gasteiger partial charge in [-0.25, -0.2) is 14.8 Å². The second-order valence-corrected chi connectivity index (χ2v) is 7.79. The molecule has 1 N–H and O–H groups in total. The summed E-state index contributed by atoms with van der Waals surface area (Å²) in [4.78, 5) is 24.6. The van der Waals surface area contributed by atoms with Crippen LogP contribution in [0.15, 0.2) is 60.7 Å². The predicted octanol–water partition coefficient (Wildman–Crippen LogP) is 5.25. The largest absolute Gasteiger partial charge is 0.460 e. The zero-order valence-electron chi connectivity index (χ0n) is 17.7. The van der Waals surface area contributed by atoms with Gasteiger partial charge in [-0.3, -0.25) is 0 Å². The number of aromatic nitrogens is 4. The Bertz CT molecular complexity index is 1360. The Morgan fingerprint density at radius 3 is 1.88 bits per heavy atom. The van der Waals surface area contributed by atoms with Crippen LogP contribution in [0.25, 0.3) is 46.4 Å². The molecule has 2 aliphatic heterocycles. The van der Waals surface area contributed by atoms with Crippen LogP contribution in [-0.2, 0) is 16.1 Å². The van der Waals surface area contributed by atoms with Crippen molar-refractivity contribution in [2.45, 2.75) is 13.5 Å². The van der Waals surface area contributed by atoms with Crippen molar-refractivity contribution in [3.05, 3.63) is 83.5 Å². The van der Waals surface area contributed by atoms with Gasteiger partial charge in [0.25, 0.3) is 0 Å². The number of fused-ring (bicyclic) bond motifs is 8. The van der Waals surface area contributed by atoms with Crippen molar-refractivity contribution in [2.75, 3.05) is 6.61 Å². The summed E-state index contributed by atoms with van der Waals surface area (Å²) in [5.74, 6) is -0.384. The van der Waals surface area contributed by atoms with E-state index in [0.29, 0.717) is 12.1 Å². The summed E-state index contributed by atoms with van der Waals surface area (Å²) in [7, 11) is 0. The Morgan fingerprint density at radius 1 is 0.875 bits per heavy atom. The fourth-order valence-corrected chi connectivity index (χ4v) is 3.69. The number of carbonyl (C=O) groups is 1. The molecule has 3 aromatic heterocycles. The van der Waals surface area contributed by atoms with Crippen LogP contribution in [-0.4, -0.2) is 32.1 Å². The van der Waals surface area contributed by atoms with Crippen LogP contribution in [0.5, 0.6) is 0 Å². The highest BCUT2D eigenvalue weighted by Gasteiger charge is 2.07. The van der Waals surface area contributed by atoms with Gasteiger partial charge in [-0.1, -0.05) is 6.58 Å². The molecule has 2 aliphatic rings. The first-order valence-corrected chi connectivity index (χ1v) is 10.4. The first-order valence-electron chi connectivity index (χ1n) is 10.4. The molecule has 0 atom stereocenters. The second kappa shape index (κ2) is 8.15. The van der Waals surface area contributed by atoms with E-state index in [1.165, 1.54) is 0 Å². The molecule has 32 heavy (non-hydrogen) atoms. The minimum Gasteiger partial charge on any atom is -0.460 e. The van der Waals surface area contributed by atoms with Crippen molar-refractivity contribution in [3.8, 4) is 0 Å². The SMILES string of the molecule is C=C(C)C(=O)OCCn1c2ccc1cc1nc(cc3ccc(cc4nc(c2)C=C4)[nH]3)C=C1. The summed E-state index contributed by atoms with van der Waals surface area (Å²) in [5, 5.41) is 0. The number of rotatable bonds is 4. The lowest BCUT2D eigenvalue weighted by Crippen LogP contribution is -2.11. The molecular weight excluding hydrogens is 400 g/mol. The fraction of sp³-hybridized carbons (Fsp3) is 0.115. The number of hydrogen-bond acceptors (Lipinski definition) is 4. The molecule has 3 aromatic rings. The number of H-pyrrole nitrogens is 1. The van der Waals surface area contributed by atoms with E-state index in [1.807, 2.05) is 72.8 Å². The number of ether oxygens (including phenoxy) is 1. The molecule has 6 heteroatoms. The highest BCUT2D eigenvalue weighted by molar-refractivity contribution is 5.87. The van der Waals surface area contributed by atoms with Crippen LogP contribution in [0.4, 0.5) is 0 Å². The first-order chi connectivity index (χ1) is 15.5. The van der Waals surface area contributed by atoms with E-state index in [1.54, 1.807) is 6.92 Å². The summed E-state index contributed by atoms with van der Waals surface area (Å²) in [5.41, 5.74) is 7.78. The third kappa shape index (κ3) is 4.16. The molecule has 0 amide bonds. The van der Waals surface area contributed by atoms with E-state index in [-0.39, 0.29) is 12.6 Å². The molecule has 6 nitrogen and oxygen atoms in total. The molecule has 0 saturated carbocycles. The summed E-state index contributed by atoms with van der Waals surface area (Å²) in [6.07, 6.45) is 7.97. The lowest BCUT2D eigenvalue weighted by Gasteiger charge is -2.08. The van der Waals surface area contributed by atoms with Gasteiger partial charge in [-0.05, 0) is 79.8 Å². The molecule has 0 aromatic carbocycles. The van der Waals surface area contributed by atoms with E-state index in [9.17, 15) is 4.79 Å². The van der Waals surface area contributed by atoms with Crippen LogP contribution in [0.1, 0.15) is 29.7 Å². The summed E-state index contributed by atoms with van der Waals surface area (Å²) >= 11 is 0. The second-order valence-electron chi connectivity index (χ2n) is 7.79. The Hall–Kier alpha value is -4.19. The molecule has 0 radical (unpaired) electrons. The van der Waals surface area contributed by atoms with Crippen LogP contribution in [0, 0.1) is 0 Å². The average Bonchev–Trinajstić information content (AvgIpc) is 3.54. The van der Waals surface area contributed by atoms with Crippen LogP contribution >= 0.6 is 0 Å². The predicted molar refractivity (Wildman–Crippen MR) is 128 cm³/mol. The molecule has 0 fully saturated rings.